The van der Waals surface area contributed by atoms with Crippen LogP contribution >= 0.6 is 34.8 Å². The maximum atomic E-state index is 11.7. The van der Waals surface area contributed by atoms with Crippen LogP contribution < -0.4 is 16.4 Å². The first-order chi connectivity index (χ1) is 16.8. The molecule has 1 aliphatic heterocycles. The molecular formula is C22H24Cl3N7O3. The topological polar surface area (TPSA) is 140 Å². The Labute approximate surface area is 216 Å². The average molecular weight is 541 g/mol. The molecule has 2 aliphatic rings. The van der Waals surface area contributed by atoms with E-state index >= 15 is 0 Å². The smallest absolute Gasteiger partial charge is 0.225 e. The second-order valence-corrected chi connectivity index (χ2v) is 10.1. The molecule has 5 N–H and O–H groups in total. The van der Waals surface area contributed by atoms with Crippen molar-refractivity contribution in [1.82, 2.24) is 19.5 Å². The van der Waals surface area contributed by atoms with Crippen LogP contribution in [-0.4, -0.2) is 55.9 Å². The molecule has 3 aromatic rings. The Morgan fingerprint density at radius 2 is 1.83 bits per heavy atom. The summed E-state index contributed by atoms with van der Waals surface area (Å²) >= 11 is 18.9. The first-order valence-corrected chi connectivity index (χ1v) is 12.4. The van der Waals surface area contributed by atoms with Crippen LogP contribution in [0.2, 0.25) is 15.1 Å². The molecule has 1 aliphatic carbocycles. The number of aliphatic hydroxyl groups excluding tert-OH is 1. The zero-order valence-corrected chi connectivity index (χ0v) is 20.8. The second kappa shape index (κ2) is 9.94. The zero-order chi connectivity index (χ0) is 24.7. The molecular weight excluding hydrogens is 517 g/mol. The number of carbonyl (C=O) groups is 1. The predicted molar refractivity (Wildman–Crippen MR) is 135 cm³/mol. The number of hydrogen-bond donors (Lipinski definition) is 4. The van der Waals surface area contributed by atoms with Crippen LogP contribution in [0.3, 0.4) is 0 Å². The van der Waals surface area contributed by atoms with E-state index in [1.54, 1.807) is 18.3 Å². The van der Waals surface area contributed by atoms with Crippen LogP contribution in [0.25, 0.3) is 11.2 Å². The van der Waals surface area contributed by atoms with Gasteiger partial charge in [-0.15, -0.1) is 0 Å². The van der Waals surface area contributed by atoms with Gasteiger partial charge >= 0.3 is 0 Å². The monoisotopic (exact) mass is 539 g/mol. The third-order valence-electron chi connectivity index (χ3n) is 6.51. The summed E-state index contributed by atoms with van der Waals surface area (Å²) in [6.45, 7) is 0.622. The summed E-state index contributed by atoms with van der Waals surface area (Å²) in [5, 5.41) is 17.6. The number of ether oxygens (including phenoxy) is 1. The van der Waals surface area contributed by atoms with Crippen LogP contribution in [0.5, 0.6) is 0 Å². The van der Waals surface area contributed by atoms with Gasteiger partial charge in [0.05, 0.1) is 47.3 Å². The number of benzene rings is 1. The summed E-state index contributed by atoms with van der Waals surface area (Å²) in [5.41, 5.74) is 7.18. The highest BCUT2D eigenvalue weighted by atomic mass is 35.5. The van der Waals surface area contributed by atoms with E-state index in [4.69, 9.17) is 55.2 Å². The summed E-state index contributed by atoms with van der Waals surface area (Å²) in [4.78, 5) is 25.5. The van der Waals surface area contributed by atoms with Crippen molar-refractivity contribution in [2.24, 2.45) is 11.7 Å². The van der Waals surface area contributed by atoms with E-state index in [1.807, 2.05) is 4.57 Å². The number of halogens is 3. The largest absolute Gasteiger partial charge is 0.388 e. The Balaban J connectivity index is 1.54. The fourth-order valence-corrected chi connectivity index (χ4v) is 5.54. The van der Waals surface area contributed by atoms with Gasteiger partial charge in [-0.3, -0.25) is 9.36 Å². The lowest BCUT2D eigenvalue weighted by Gasteiger charge is -2.29. The highest BCUT2D eigenvalue weighted by molar-refractivity contribution is 6.41. The predicted octanol–water partition coefficient (Wildman–Crippen LogP) is 3.92. The van der Waals surface area contributed by atoms with Gasteiger partial charge in [-0.25, -0.2) is 9.97 Å². The van der Waals surface area contributed by atoms with E-state index in [9.17, 15) is 9.90 Å². The number of hydrogen-bond acceptors (Lipinski definition) is 8. The number of fused-ring (bicyclic) bond motifs is 1. The molecule has 1 saturated heterocycles. The lowest BCUT2D eigenvalue weighted by Crippen LogP contribution is -2.32. The third kappa shape index (κ3) is 4.99. The Morgan fingerprint density at radius 3 is 2.46 bits per heavy atom. The van der Waals surface area contributed by atoms with Gasteiger partial charge < -0.3 is 26.2 Å². The van der Waals surface area contributed by atoms with Gasteiger partial charge in [0, 0.05) is 17.0 Å². The van der Waals surface area contributed by atoms with E-state index in [2.05, 4.69) is 15.6 Å². The number of rotatable bonds is 6. The summed E-state index contributed by atoms with van der Waals surface area (Å²) in [6, 6.07) is 2.89. The number of aromatic nitrogens is 4. The Morgan fingerprint density at radius 1 is 1.11 bits per heavy atom. The van der Waals surface area contributed by atoms with E-state index in [-0.39, 0.29) is 30.5 Å². The van der Waals surface area contributed by atoms with Crippen molar-refractivity contribution in [3.63, 3.8) is 0 Å². The maximum absolute atomic E-state index is 11.7. The van der Waals surface area contributed by atoms with E-state index in [0.29, 0.717) is 63.3 Å². The molecule has 10 nitrogen and oxygen atoms in total. The lowest BCUT2D eigenvalue weighted by molar-refractivity contribution is -0.122. The molecule has 0 spiro atoms. The molecule has 2 aromatic heterocycles. The van der Waals surface area contributed by atoms with Crippen LogP contribution in [-0.2, 0) is 9.53 Å². The number of carbonyl (C=O) groups excluding carboxylic acids is 1. The van der Waals surface area contributed by atoms with Gasteiger partial charge in [0.1, 0.15) is 5.52 Å². The molecule has 2 fully saturated rings. The summed E-state index contributed by atoms with van der Waals surface area (Å²) in [6.07, 6.45) is 3.76. The van der Waals surface area contributed by atoms with Crippen LogP contribution in [0.4, 0.5) is 17.6 Å². The molecule has 2 unspecified atom stereocenters. The van der Waals surface area contributed by atoms with Gasteiger partial charge in [-0.2, -0.15) is 4.98 Å². The number of imidazole rings is 1. The highest BCUT2D eigenvalue weighted by Crippen LogP contribution is 2.40. The normalized spacial score (nSPS) is 24.6. The molecule has 2 atom stereocenters. The van der Waals surface area contributed by atoms with Crippen LogP contribution in [0, 0.1) is 5.92 Å². The van der Waals surface area contributed by atoms with Crippen molar-refractivity contribution in [3.8, 4) is 0 Å². The third-order valence-corrected chi connectivity index (χ3v) is 7.32. The molecule has 1 aromatic carbocycles. The first kappa shape index (κ1) is 24.3. The quantitative estimate of drug-likeness (QED) is 0.369. The van der Waals surface area contributed by atoms with Crippen LogP contribution in [0.15, 0.2) is 18.3 Å². The molecule has 5 rings (SSSR count). The molecule has 0 bridgehead atoms. The van der Waals surface area contributed by atoms with Crippen molar-refractivity contribution < 1.29 is 14.6 Å². The summed E-state index contributed by atoms with van der Waals surface area (Å²) in [7, 11) is 0. The minimum Gasteiger partial charge on any atom is -0.388 e. The first-order valence-electron chi connectivity index (χ1n) is 11.3. The number of anilines is 3. The van der Waals surface area contributed by atoms with Gasteiger partial charge in [0.25, 0.3) is 0 Å². The van der Waals surface area contributed by atoms with Gasteiger partial charge in [-0.1, -0.05) is 34.8 Å². The summed E-state index contributed by atoms with van der Waals surface area (Å²) < 4.78 is 7.30. The molecule has 0 radical (unpaired) electrons. The van der Waals surface area contributed by atoms with Gasteiger partial charge in [0.15, 0.2) is 5.65 Å². The lowest BCUT2D eigenvalue weighted by atomic mass is 9.85. The van der Waals surface area contributed by atoms with Crippen molar-refractivity contribution >= 4 is 69.5 Å². The number of nitrogens with two attached hydrogens (primary N) is 1. The second-order valence-electron chi connectivity index (χ2n) is 8.84. The standard InChI is InChI=1S/C22H24Cl3N7O3/c23-11-5-13(24)18(14(25)6-11)30-22-29-15-7-27-21(28-16-8-35-9-17(16)33)31-20(15)32(22)12-3-1-10(2-4-12)19(26)34/h5-7,10,12,16-17,33H,1-4,8-9H2,(H2,26,34)(H,29,30)(H,27,28,31). The van der Waals surface area contributed by atoms with E-state index < -0.39 is 6.10 Å². The van der Waals surface area contributed by atoms with Crippen molar-refractivity contribution in [1.29, 1.82) is 0 Å². The zero-order valence-electron chi connectivity index (χ0n) is 18.5. The molecule has 3 heterocycles. The van der Waals surface area contributed by atoms with Crippen LogP contribution in [0.1, 0.15) is 31.7 Å². The number of aliphatic hydroxyl groups is 1. The minimum absolute atomic E-state index is 0.00565. The SMILES string of the molecule is NC(=O)C1CCC(n2c(Nc3c(Cl)cc(Cl)cc3Cl)nc3cnc(NC4COCC4O)nc32)CC1. The Hall–Kier alpha value is -2.37. The van der Waals surface area contributed by atoms with Crippen molar-refractivity contribution in [3.05, 3.63) is 33.4 Å². The highest BCUT2D eigenvalue weighted by Gasteiger charge is 2.30. The van der Waals surface area contributed by atoms with E-state index in [0.717, 1.165) is 12.8 Å². The van der Waals surface area contributed by atoms with E-state index in [1.165, 1.54) is 0 Å². The van der Waals surface area contributed by atoms with Crippen molar-refractivity contribution in [2.75, 3.05) is 23.8 Å². The minimum atomic E-state index is -0.644. The molecule has 1 amide bonds. The number of amides is 1. The fourth-order valence-electron chi connectivity index (χ4n) is 4.63. The Bertz CT molecular complexity index is 1240. The fraction of sp³-hybridized carbons (Fsp3) is 0.455. The molecule has 35 heavy (non-hydrogen) atoms. The number of primary amides is 1. The van der Waals surface area contributed by atoms with Gasteiger partial charge in [0.2, 0.25) is 17.8 Å². The van der Waals surface area contributed by atoms with Crippen molar-refractivity contribution in [2.45, 2.75) is 43.9 Å². The number of nitrogens with zero attached hydrogens (tertiary/aromatic N) is 4. The molecule has 1 saturated carbocycles. The molecule has 186 valence electrons. The average Bonchev–Trinajstić information content (AvgIpc) is 3.38. The molecule has 13 heteroatoms. The Kier molecular flexibility index (Phi) is 6.91. The number of nitrogens with one attached hydrogen (secondary N) is 2. The summed E-state index contributed by atoms with van der Waals surface area (Å²) in [5.74, 6) is 0.425. The maximum Gasteiger partial charge on any atom is 0.225 e. The van der Waals surface area contributed by atoms with Gasteiger partial charge in [-0.05, 0) is 37.8 Å².